The van der Waals surface area contributed by atoms with Crippen LogP contribution in [0, 0.1) is 6.92 Å². The molecule has 2 N–H and O–H groups in total. The Labute approximate surface area is 182 Å². The van der Waals surface area contributed by atoms with E-state index in [0.717, 1.165) is 41.0 Å². The topological polar surface area (TPSA) is 61.4 Å². The molecule has 0 spiro atoms. The lowest BCUT2D eigenvalue weighted by Crippen LogP contribution is -2.35. The molecule has 0 atom stereocenters. The first-order valence-corrected chi connectivity index (χ1v) is 11.6. The molecule has 7 heteroatoms. The van der Waals surface area contributed by atoms with E-state index in [2.05, 4.69) is 10.6 Å². The van der Waals surface area contributed by atoms with Crippen molar-refractivity contribution in [3.8, 4) is 0 Å². The van der Waals surface area contributed by atoms with Crippen LogP contribution in [0.15, 0.2) is 77.7 Å². The number of hydrogen-bond donors (Lipinski definition) is 2. The Balaban J connectivity index is 1.50. The van der Waals surface area contributed by atoms with Crippen LogP contribution in [-0.4, -0.2) is 20.1 Å². The minimum atomic E-state index is -3.62. The maximum Gasteiger partial charge on any atom is 0.264 e. The van der Waals surface area contributed by atoms with Gasteiger partial charge in [-0.1, -0.05) is 36.4 Å². The lowest BCUT2D eigenvalue weighted by atomic mass is 10.0. The van der Waals surface area contributed by atoms with Crippen molar-refractivity contribution < 1.29 is 8.42 Å². The van der Waals surface area contributed by atoms with E-state index < -0.39 is 10.0 Å². The molecule has 1 aliphatic rings. The molecular weight excluding hydrogens is 414 g/mol. The highest BCUT2D eigenvalue weighted by atomic mass is 32.2. The molecule has 0 saturated heterocycles. The van der Waals surface area contributed by atoms with E-state index in [1.165, 1.54) is 4.31 Å². The smallest absolute Gasteiger partial charge is 0.264 e. The Kier molecular flexibility index (Phi) is 5.74. The number of rotatable bonds is 4. The average Bonchev–Trinajstić information content (AvgIpc) is 2.75. The predicted octanol–water partition coefficient (Wildman–Crippen LogP) is 4.95. The summed E-state index contributed by atoms with van der Waals surface area (Å²) in [6.45, 7) is 2.49. The molecule has 0 radical (unpaired) electrons. The zero-order valence-electron chi connectivity index (χ0n) is 16.6. The fraction of sp³-hybridized carbons (Fsp3) is 0.174. The highest BCUT2D eigenvalue weighted by molar-refractivity contribution is 7.92. The van der Waals surface area contributed by atoms with Gasteiger partial charge in [0.05, 0.1) is 10.6 Å². The fourth-order valence-corrected chi connectivity index (χ4v) is 5.35. The molecule has 5 nitrogen and oxygen atoms in total. The summed E-state index contributed by atoms with van der Waals surface area (Å²) in [5.74, 6) is 0. The molecule has 3 aromatic rings. The maximum atomic E-state index is 13.2. The highest BCUT2D eigenvalue weighted by Gasteiger charge is 2.28. The highest BCUT2D eigenvalue weighted by Crippen LogP contribution is 2.32. The van der Waals surface area contributed by atoms with Crippen molar-refractivity contribution in [1.29, 1.82) is 0 Å². The molecule has 0 aliphatic carbocycles. The van der Waals surface area contributed by atoms with Gasteiger partial charge in [-0.15, -0.1) is 0 Å². The van der Waals surface area contributed by atoms with Gasteiger partial charge in [0.25, 0.3) is 10.0 Å². The van der Waals surface area contributed by atoms with E-state index in [9.17, 15) is 8.42 Å². The molecule has 30 heavy (non-hydrogen) atoms. The summed E-state index contributed by atoms with van der Waals surface area (Å²) < 4.78 is 28.0. The molecule has 3 aromatic carbocycles. The van der Waals surface area contributed by atoms with Gasteiger partial charge >= 0.3 is 0 Å². The second kappa shape index (κ2) is 8.45. The van der Waals surface area contributed by atoms with E-state index in [4.69, 9.17) is 12.2 Å². The van der Waals surface area contributed by atoms with Gasteiger partial charge in [-0.25, -0.2) is 8.42 Å². The first-order chi connectivity index (χ1) is 14.4. The van der Waals surface area contributed by atoms with Crippen molar-refractivity contribution >= 4 is 44.4 Å². The molecule has 1 aliphatic heterocycles. The summed E-state index contributed by atoms with van der Waals surface area (Å²) in [6, 6.07) is 22.3. The predicted molar refractivity (Wildman–Crippen MR) is 127 cm³/mol. The summed E-state index contributed by atoms with van der Waals surface area (Å²) in [7, 11) is -3.62. The third-order valence-corrected chi connectivity index (χ3v) is 7.19. The van der Waals surface area contributed by atoms with Gasteiger partial charge in [0.15, 0.2) is 5.11 Å². The average molecular weight is 438 g/mol. The van der Waals surface area contributed by atoms with Crippen molar-refractivity contribution in [2.24, 2.45) is 0 Å². The van der Waals surface area contributed by atoms with Crippen LogP contribution in [0.2, 0.25) is 0 Å². The lowest BCUT2D eigenvalue weighted by Gasteiger charge is -2.30. The third kappa shape index (κ3) is 4.17. The number of sulfonamides is 1. The number of nitrogens with one attached hydrogen (secondary N) is 2. The summed E-state index contributed by atoms with van der Waals surface area (Å²) in [5, 5.41) is 6.71. The zero-order valence-corrected chi connectivity index (χ0v) is 18.3. The first kappa shape index (κ1) is 20.4. The third-order valence-electron chi connectivity index (χ3n) is 5.16. The number of nitrogens with zero attached hydrogens (tertiary/aromatic N) is 1. The van der Waals surface area contributed by atoms with Gasteiger partial charge in [0.2, 0.25) is 0 Å². The Bertz CT molecular complexity index is 1180. The molecule has 0 unspecified atom stereocenters. The summed E-state index contributed by atoms with van der Waals surface area (Å²) >= 11 is 5.38. The number of aryl methyl sites for hydroxylation is 2. The van der Waals surface area contributed by atoms with Crippen molar-refractivity contribution in [1.82, 2.24) is 0 Å². The first-order valence-electron chi connectivity index (χ1n) is 9.79. The van der Waals surface area contributed by atoms with Crippen molar-refractivity contribution in [3.63, 3.8) is 0 Å². The Morgan fingerprint density at radius 1 is 0.933 bits per heavy atom. The van der Waals surface area contributed by atoms with Gasteiger partial charge in [-0.2, -0.15) is 0 Å². The van der Waals surface area contributed by atoms with Crippen LogP contribution >= 0.6 is 12.2 Å². The van der Waals surface area contributed by atoms with E-state index in [1.807, 2.05) is 55.5 Å². The SMILES string of the molecule is Cc1ccccc1NC(=S)Nc1ccc(S(=O)(=O)N2CCCc3ccccc32)cc1. The van der Waals surface area contributed by atoms with Gasteiger partial charge < -0.3 is 10.6 Å². The molecular formula is C23H23N3O2S2. The van der Waals surface area contributed by atoms with Crippen LogP contribution in [-0.2, 0) is 16.4 Å². The minimum absolute atomic E-state index is 0.266. The quantitative estimate of drug-likeness (QED) is 0.566. The second-order valence-electron chi connectivity index (χ2n) is 7.23. The molecule has 0 saturated carbocycles. The van der Waals surface area contributed by atoms with Crippen LogP contribution in [0.25, 0.3) is 0 Å². The van der Waals surface area contributed by atoms with Crippen LogP contribution < -0.4 is 14.9 Å². The van der Waals surface area contributed by atoms with Crippen LogP contribution in [0.4, 0.5) is 17.1 Å². The molecule has 0 fully saturated rings. The fourth-order valence-electron chi connectivity index (χ4n) is 3.58. The monoisotopic (exact) mass is 437 g/mol. The van der Waals surface area contributed by atoms with Crippen LogP contribution in [0.3, 0.4) is 0 Å². The van der Waals surface area contributed by atoms with Crippen molar-refractivity contribution in [3.05, 3.63) is 83.9 Å². The van der Waals surface area contributed by atoms with Crippen LogP contribution in [0.5, 0.6) is 0 Å². The number of para-hydroxylation sites is 2. The number of fused-ring (bicyclic) bond motifs is 1. The molecule has 4 rings (SSSR count). The van der Waals surface area contributed by atoms with Gasteiger partial charge in [-0.3, -0.25) is 4.31 Å². The number of thiocarbonyl (C=S) groups is 1. The second-order valence-corrected chi connectivity index (χ2v) is 9.50. The molecule has 154 valence electrons. The van der Waals surface area contributed by atoms with E-state index >= 15 is 0 Å². The maximum absolute atomic E-state index is 13.2. The largest absolute Gasteiger partial charge is 0.332 e. The molecule has 0 bridgehead atoms. The van der Waals surface area contributed by atoms with E-state index in [1.54, 1.807) is 24.3 Å². The van der Waals surface area contributed by atoms with E-state index in [0.29, 0.717) is 11.7 Å². The van der Waals surface area contributed by atoms with Crippen LogP contribution in [0.1, 0.15) is 17.5 Å². The standard InChI is InChI=1S/C23H23N3O2S2/c1-17-7-2-4-10-21(17)25-23(29)24-19-12-14-20(15-13-19)30(27,28)26-16-6-9-18-8-3-5-11-22(18)26/h2-5,7-8,10-15H,6,9,16H2,1H3,(H2,24,25,29). The van der Waals surface area contributed by atoms with E-state index in [-0.39, 0.29) is 4.90 Å². The Morgan fingerprint density at radius 3 is 2.40 bits per heavy atom. The zero-order chi connectivity index (χ0) is 21.1. The van der Waals surface area contributed by atoms with Gasteiger partial charge in [0.1, 0.15) is 0 Å². The van der Waals surface area contributed by atoms with Crippen molar-refractivity contribution in [2.75, 3.05) is 21.5 Å². The molecule has 0 aromatic heterocycles. The lowest BCUT2D eigenvalue weighted by molar-refractivity contribution is 0.586. The normalized spacial score (nSPS) is 13.4. The number of benzene rings is 3. The molecule has 0 amide bonds. The summed E-state index contributed by atoms with van der Waals surface area (Å²) in [5.41, 5.74) is 4.58. The Morgan fingerprint density at radius 2 is 1.63 bits per heavy atom. The number of hydrogen-bond acceptors (Lipinski definition) is 3. The molecule has 1 heterocycles. The van der Waals surface area contributed by atoms with Gasteiger partial charge in [0, 0.05) is 17.9 Å². The Hall–Kier alpha value is -2.90. The van der Waals surface area contributed by atoms with Gasteiger partial charge in [-0.05, 0) is 79.5 Å². The number of anilines is 3. The van der Waals surface area contributed by atoms with Crippen molar-refractivity contribution in [2.45, 2.75) is 24.7 Å². The minimum Gasteiger partial charge on any atom is -0.332 e. The summed E-state index contributed by atoms with van der Waals surface area (Å²) in [4.78, 5) is 0.266. The summed E-state index contributed by atoms with van der Waals surface area (Å²) in [6.07, 6.45) is 1.71.